The van der Waals surface area contributed by atoms with Gasteiger partial charge in [0.05, 0.1) is 20.3 Å². The summed E-state index contributed by atoms with van der Waals surface area (Å²) >= 11 is 1.76. The normalized spacial score (nSPS) is 18.4. The Morgan fingerprint density at radius 1 is 1.26 bits per heavy atom. The van der Waals surface area contributed by atoms with Crippen LogP contribution < -0.4 is 14.8 Å². The van der Waals surface area contributed by atoms with Crippen molar-refractivity contribution in [1.82, 2.24) is 0 Å². The minimum atomic E-state index is 0.410. The second-order valence-electron chi connectivity index (χ2n) is 4.75. The van der Waals surface area contributed by atoms with E-state index in [-0.39, 0.29) is 0 Å². The molecule has 0 aliphatic carbocycles. The summed E-state index contributed by atoms with van der Waals surface area (Å²) in [5, 5.41) is 4.31. The first-order chi connectivity index (χ1) is 9.13. The first-order valence-electron chi connectivity index (χ1n) is 6.33. The van der Waals surface area contributed by atoms with Gasteiger partial charge in [0.15, 0.2) is 16.7 Å². The number of ether oxygens (including phenoxy) is 2. The van der Waals surface area contributed by atoms with Crippen LogP contribution >= 0.6 is 11.8 Å². The van der Waals surface area contributed by atoms with Crippen molar-refractivity contribution in [2.75, 3.05) is 25.3 Å². The van der Waals surface area contributed by atoms with E-state index >= 15 is 0 Å². The van der Waals surface area contributed by atoms with E-state index in [4.69, 9.17) is 9.47 Å². The molecule has 0 aromatic heterocycles. The van der Waals surface area contributed by atoms with Gasteiger partial charge in [-0.2, -0.15) is 0 Å². The minimum Gasteiger partial charge on any atom is -0.493 e. The average Bonchev–Trinajstić information content (AvgIpc) is 2.87. The summed E-state index contributed by atoms with van der Waals surface area (Å²) in [6.07, 6.45) is 0. The Balaban J connectivity index is 2.10. The molecule has 0 saturated heterocycles. The van der Waals surface area contributed by atoms with Crippen LogP contribution in [0.5, 0.6) is 11.5 Å². The van der Waals surface area contributed by atoms with E-state index in [0.717, 1.165) is 28.1 Å². The first-order valence-corrected chi connectivity index (χ1v) is 7.32. The third-order valence-corrected chi connectivity index (χ3v) is 4.07. The molecule has 1 atom stereocenters. The van der Waals surface area contributed by atoms with Crippen molar-refractivity contribution >= 4 is 22.6 Å². The van der Waals surface area contributed by atoms with Gasteiger partial charge in [0.25, 0.3) is 0 Å². The zero-order valence-corrected chi connectivity index (χ0v) is 12.6. The van der Waals surface area contributed by atoms with Gasteiger partial charge >= 0.3 is 0 Å². The molecule has 1 aromatic carbocycles. The number of aliphatic imine (C=N–C) groups is 1. The Morgan fingerprint density at radius 3 is 2.58 bits per heavy atom. The van der Waals surface area contributed by atoms with E-state index in [2.05, 4.69) is 24.2 Å². The maximum absolute atomic E-state index is 5.29. The summed E-state index contributed by atoms with van der Waals surface area (Å²) in [6.45, 7) is 4.40. The molecule has 5 heteroatoms. The quantitative estimate of drug-likeness (QED) is 0.919. The molecule has 1 aromatic rings. The molecular formula is C14H20N2O2S. The van der Waals surface area contributed by atoms with Crippen LogP contribution in [0, 0.1) is 5.92 Å². The van der Waals surface area contributed by atoms with Crippen LogP contribution in [0.15, 0.2) is 23.2 Å². The third kappa shape index (κ3) is 3.35. The number of amidine groups is 1. The molecule has 1 aliphatic heterocycles. The van der Waals surface area contributed by atoms with E-state index in [1.165, 1.54) is 0 Å². The Morgan fingerprint density at radius 2 is 2.00 bits per heavy atom. The fourth-order valence-corrected chi connectivity index (χ4v) is 3.02. The van der Waals surface area contributed by atoms with Gasteiger partial charge in [0.2, 0.25) is 0 Å². The van der Waals surface area contributed by atoms with Gasteiger partial charge < -0.3 is 14.8 Å². The van der Waals surface area contributed by atoms with Crippen LogP contribution in [-0.2, 0) is 0 Å². The van der Waals surface area contributed by atoms with Crippen LogP contribution in [0.25, 0.3) is 0 Å². The number of thioether (sulfide) groups is 1. The lowest BCUT2D eigenvalue weighted by Crippen LogP contribution is -2.12. The topological polar surface area (TPSA) is 42.8 Å². The monoisotopic (exact) mass is 280 g/mol. The molecular weight excluding hydrogens is 260 g/mol. The van der Waals surface area contributed by atoms with E-state index < -0.39 is 0 Å². The minimum absolute atomic E-state index is 0.410. The van der Waals surface area contributed by atoms with Crippen molar-refractivity contribution in [3.05, 3.63) is 18.2 Å². The van der Waals surface area contributed by atoms with Gasteiger partial charge in [-0.3, -0.25) is 4.99 Å². The Bertz CT molecular complexity index is 475. The fraction of sp³-hybridized carbons (Fsp3) is 0.500. The number of methoxy groups -OCH3 is 2. The lowest BCUT2D eigenvalue weighted by molar-refractivity contribution is 0.355. The van der Waals surface area contributed by atoms with Crippen molar-refractivity contribution in [2.45, 2.75) is 19.9 Å². The molecule has 0 fully saturated rings. The smallest absolute Gasteiger partial charge is 0.162 e. The third-order valence-electron chi connectivity index (χ3n) is 3.08. The lowest BCUT2D eigenvalue weighted by atomic mass is 10.1. The highest BCUT2D eigenvalue weighted by molar-refractivity contribution is 8.14. The number of benzene rings is 1. The van der Waals surface area contributed by atoms with Gasteiger partial charge in [0.1, 0.15) is 0 Å². The zero-order chi connectivity index (χ0) is 13.8. The SMILES string of the molecule is COc1ccc(NC2=N[C@@H](C(C)C)CS2)cc1OC. The van der Waals surface area contributed by atoms with Crippen LogP contribution in [0.2, 0.25) is 0 Å². The van der Waals surface area contributed by atoms with Gasteiger partial charge in [0, 0.05) is 17.5 Å². The lowest BCUT2D eigenvalue weighted by Gasteiger charge is -2.10. The molecule has 0 saturated carbocycles. The van der Waals surface area contributed by atoms with Crippen molar-refractivity contribution < 1.29 is 9.47 Å². The van der Waals surface area contributed by atoms with E-state index in [9.17, 15) is 0 Å². The summed E-state index contributed by atoms with van der Waals surface area (Å²) in [7, 11) is 3.27. The zero-order valence-electron chi connectivity index (χ0n) is 11.8. The summed E-state index contributed by atoms with van der Waals surface area (Å²) in [6, 6.07) is 6.19. The Hall–Kier alpha value is -1.36. The number of rotatable bonds is 4. The summed E-state index contributed by atoms with van der Waals surface area (Å²) < 4.78 is 10.5. The van der Waals surface area contributed by atoms with Crippen LogP contribution in [-0.4, -0.2) is 31.2 Å². The highest BCUT2D eigenvalue weighted by atomic mass is 32.2. The van der Waals surface area contributed by atoms with Crippen molar-refractivity contribution in [3.63, 3.8) is 0 Å². The van der Waals surface area contributed by atoms with Crippen LogP contribution in [0.4, 0.5) is 5.69 Å². The molecule has 0 radical (unpaired) electrons. The molecule has 0 unspecified atom stereocenters. The molecule has 19 heavy (non-hydrogen) atoms. The maximum Gasteiger partial charge on any atom is 0.162 e. The Labute approximate surface area is 118 Å². The molecule has 0 amide bonds. The molecule has 2 rings (SSSR count). The van der Waals surface area contributed by atoms with Crippen molar-refractivity contribution in [2.24, 2.45) is 10.9 Å². The molecule has 104 valence electrons. The largest absolute Gasteiger partial charge is 0.493 e. The highest BCUT2D eigenvalue weighted by Crippen LogP contribution is 2.31. The Kier molecular flexibility index (Phi) is 4.58. The second kappa shape index (κ2) is 6.19. The number of anilines is 1. The molecule has 1 N–H and O–H groups in total. The fourth-order valence-electron chi connectivity index (χ4n) is 1.84. The number of hydrogen-bond donors (Lipinski definition) is 1. The second-order valence-corrected chi connectivity index (χ2v) is 5.76. The molecule has 0 bridgehead atoms. The molecule has 1 aliphatic rings. The van der Waals surface area contributed by atoms with Crippen molar-refractivity contribution in [3.8, 4) is 11.5 Å². The van der Waals surface area contributed by atoms with Gasteiger partial charge in [-0.25, -0.2) is 0 Å². The number of nitrogens with one attached hydrogen (secondary N) is 1. The average molecular weight is 280 g/mol. The van der Waals surface area contributed by atoms with Gasteiger partial charge in [-0.05, 0) is 18.1 Å². The van der Waals surface area contributed by atoms with E-state index in [1.54, 1.807) is 26.0 Å². The van der Waals surface area contributed by atoms with Gasteiger partial charge in [-0.15, -0.1) is 0 Å². The highest BCUT2D eigenvalue weighted by Gasteiger charge is 2.21. The van der Waals surface area contributed by atoms with Crippen molar-refractivity contribution in [1.29, 1.82) is 0 Å². The van der Waals surface area contributed by atoms with E-state index in [1.807, 2.05) is 18.2 Å². The predicted molar refractivity (Wildman–Crippen MR) is 81.7 cm³/mol. The number of nitrogens with zero attached hydrogens (tertiary/aromatic N) is 1. The molecule has 4 nitrogen and oxygen atoms in total. The maximum atomic E-state index is 5.29. The summed E-state index contributed by atoms with van der Waals surface area (Å²) in [5.41, 5.74) is 0.966. The molecule has 1 heterocycles. The standard InChI is InChI=1S/C14H20N2O2S/c1-9(2)11-8-19-14(16-11)15-10-5-6-12(17-3)13(7-10)18-4/h5-7,9,11H,8H2,1-4H3,(H,15,16)/t11-/m1/s1. The van der Waals surface area contributed by atoms with E-state index in [0.29, 0.717) is 12.0 Å². The number of hydrogen-bond acceptors (Lipinski definition) is 5. The van der Waals surface area contributed by atoms with Crippen LogP contribution in [0.3, 0.4) is 0 Å². The van der Waals surface area contributed by atoms with Gasteiger partial charge in [-0.1, -0.05) is 25.6 Å². The summed E-state index contributed by atoms with van der Waals surface area (Å²) in [5.74, 6) is 3.08. The first kappa shape index (κ1) is 14.1. The predicted octanol–water partition coefficient (Wildman–Crippen LogP) is 3.24. The summed E-state index contributed by atoms with van der Waals surface area (Å²) in [4.78, 5) is 4.68. The van der Waals surface area contributed by atoms with Crippen LogP contribution in [0.1, 0.15) is 13.8 Å². The molecule has 0 spiro atoms.